The van der Waals surface area contributed by atoms with Gasteiger partial charge in [0.15, 0.2) is 6.29 Å². The number of hydrogen-bond acceptors (Lipinski definition) is 5. The van der Waals surface area contributed by atoms with E-state index < -0.39 is 6.29 Å². The first-order valence-electron chi connectivity index (χ1n) is 3.66. The highest BCUT2D eigenvalue weighted by Gasteiger charge is 2.06. The highest BCUT2D eigenvalue weighted by atomic mass is 16.6. The number of hydrogen-bond donors (Lipinski definition) is 3. The van der Waals surface area contributed by atoms with Crippen molar-refractivity contribution in [2.45, 2.75) is 13.2 Å². The Morgan fingerprint density at radius 2 is 2.00 bits per heavy atom. The molecule has 0 aromatic heterocycles. The number of nitrogens with one attached hydrogen (secondary N) is 2. The molecule has 0 bridgehead atoms. The van der Waals surface area contributed by atoms with Crippen molar-refractivity contribution in [1.29, 1.82) is 0 Å². The maximum absolute atomic E-state index is 9.14. The van der Waals surface area contributed by atoms with Crippen LogP contribution in [0, 0.1) is 0 Å². The third kappa shape index (κ3) is 5.11. The summed E-state index contributed by atoms with van der Waals surface area (Å²) in [6.07, 6.45) is -0.750. The molecule has 0 aliphatic rings. The Balaban J connectivity index is 3.44. The molecule has 0 aliphatic carbocycles. The van der Waals surface area contributed by atoms with Gasteiger partial charge in [0.1, 0.15) is 0 Å². The number of hydrazine groups is 2. The molecule has 0 saturated carbocycles. The van der Waals surface area contributed by atoms with Gasteiger partial charge in [-0.05, 0) is 6.92 Å². The Labute approximate surface area is 67.3 Å². The SMILES string of the molecule is CCOC(O)CN(NC)NC. The molecule has 68 valence electrons. The molecule has 5 nitrogen and oxygen atoms in total. The van der Waals surface area contributed by atoms with Crippen molar-refractivity contribution >= 4 is 0 Å². The molecule has 0 fully saturated rings. The van der Waals surface area contributed by atoms with Crippen LogP contribution in [0.4, 0.5) is 0 Å². The average molecular weight is 163 g/mol. The second-order valence-corrected chi connectivity index (χ2v) is 1.97. The van der Waals surface area contributed by atoms with Crippen LogP contribution >= 0.6 is 0 Å². The smallest absolute Gasteiger partial charge is 0.170 e. The van der Waals surface area contributed by atoms with Crippen molar-refractivity contribution in [3.05, 3.63) is 0 Å². The number of aliphatic hydroxyl groups excluding tert-OH is 1. The zero-order valence-electron chi connectivity index (χ0n) is 7.29. The minimum absolute atomic E-state index is 0.390. The molecular formula is C6H17N3O2. The highest BCUT2D eigenvalue weighted by molar-refractivity contribution is 4.44. The van der Waals surface area contributed by atoms with E-state index in [4.69, 9.17) is 9.84 Å². The molecule has 1 atom stereocenters. The number of ether oxygens (including phenoxy) is 1. The van der Waals surface area contributed by atoms with E-state index in [1.165, 1.54) is 0 Å². The van der Waals surface area contributed by atoms with E-state index in [9.17, 15) is 0 Å². The zero-order valence-corrected chi connectivity index (χ0v) is 7.29. The normalized spacial score (nSPS) is 13.9. The lowest BCUT2D eigenvalue weighted by Gasteiger charge is -2.22. The summed E-state index contributed by atoms with van der Waals surface area (Å²) in [5.74, 6) is 0. The monoisotopic (exact) mass is 163 g/mol. The molecule has 0 aromatic rings. The van der Waals surface area contributed by atoms with Crippen LogP contribution in [0.15, 0.2) is 0 Å². The number of nitrogens with zero attached hydrogens (tertiary/aromatic N) is 1. The third-order valence-electron chi connectivity index (χ3n) is 1.24. The third-order valence-corrected chi connectivity index (χ3v) is 1.24. The molecule has 0 heterocycles. The first-order valence-corrected chi connectivity index (χ1v) is 3.66. The fraction of sp³-hybridized carbons (Fsp3) is 1.00. The van der Waals surface area contributed by atoms with E-state index >= 15 is 0 Å². The standard InChI is InChI=1S/C6H17N3O2/c1-4-11-6(10)5-9(7-2)8-3/h6-8,10H,4-5H2,1-3H3. The summed E-state index contributed by atoms with van der Waals surface area (Å²) in [4.78, 5) is 0. The maximum atomic E-state index is 9.14. The molecular weight excluding hydrogens is 146 g/mol. The van der Waals surface area contributed by atoms with Crippen LogP contribution in [0.25, 0.3) is 0 Å². The van der Waals surface area contributed by atoms with Crippen LogP contribution < -0.4 is 10.9 Å². The van der Waals surface area contributed by atoms with Crippen LogP contribution in [-0.2, 0) is 4.74 Å². The van der Waals surface area contributed by atoms with Gasteiger partial charge in [0.05, 0.1) is 6.54 Å². The molecule has 0 spiro atoms. The predicted octanol–water partition coefficient (Wildman–Crippen LogP) is -1.09. The molecule has 0 amide bonds. The summed E-state index contributed by atoms with van der Waals surface area (Å²) in [5.41, 5.74) is 5.65. The van der Waals surface area contributed by atoms with Gasteiger partial charge in [-0.25, -0.2) is 10.9 Å². The van der Waals surface area contributed by atoms with Crippen LogP contribution in [0.2, 0.25) is 0 Å². The van der Waals surface area contributed by atoms with E-state index in [0.717, 1.165) is 0 Å². The van der Waals surface area contributed by atoms with Crippen molar-refractivity contribution in [3.63, 3.8) is 0 Å². The Kier molecular flexibility index (Phi) is 6.39. The molecule has 0 aromatic carbocycles. The first-order chi connectivity index (χ1) is 5.24. The van der Waals surface area contributed by atoms with Crippen molar-refractivity contribution < 1.29 is 9.84 Å². The van der Waals surface area contributed by atoms with Crippen LogP contribution in [-0.4, -0.2) is 43.8 Å². The van der Waals surface area contributed by atoms with E-state index in [0.29, 0.717) is 13.2 Å². The molecule has 1 unspecified atom stereocenters. The van der Waals surface area contributed by atoms with Crippen molar-refractivity contribution in [1.82, 2.24) is 16.0 Å². The van der Waals surface area contributed by atoms with Crippen molar-refractivity contribution in [2.24, 2.45) is 0 Å². The van der Waals surface area contributed by atoms with E-state index in [2.05, 4.69) is 10.9 Å². The van der Waals surface area contributed by atoms with Gasteiger partial charge >= 0.3 is 0 Å². The Morgan fingerprint density at radius 1 is 1.45 bits per heavy atom. The molecule has 3 N–H and O–H groups in total. The fourth-order valence-corrected chi connectivity index (χ4v) is 0.696. The molecule has 0 rings (SSSR count). The molecule has 0 aliphatic heterocycles. The Bertz CT molecular complexity index is 87.9. The lowest BCUT2D eigenvalue weighted by Crippen LogP contribution is -2.48. The largest absolute Gasteiger partial charge is 0.367 e. The summed E-state index contributed by atoms with van der Waals surface area (Å²) < 4.78 is 4.91. The minimum atomic E-state index is -0.750. The van der Waals surface area contributed by atoms with Gasteiger partial charge < -0.3 is 9.84 Å². The summed E-state index contributed by atoms with van der Waals surface area (Å²) in [6.45, 7) is 2.75. The van der Waals surface area contributed by atoms with Crippen LogP contribution in [0.3, 0.4) is 0 Å². The molecule has 0 radical (unpaired) electrons. The summed E-state index contributed by atoms with van der Waals surface area (Å²) in [6, 6.07) is 0. The van der Waals surface area contributed by atoms with Crippen molar-refractivity contribution in [2.75, 3.05) is 27.2 Å². The predicted molar refractivity (Wildman–Crippen MR) is 42.5 cm³/mol. The average Bonchev–Trinajstić information content (AvgIpc) is 2.01. The van der Waals surface area contributed by atoms with Gasteiger partial charge in [-0.2, -0.15) is 5.12 Å². The van der Waals surface area contributed by atoms with Gasteiger partial charge in [0.2, 0.25) is 0 Å². The summed E-state index contributed by atoms with van der Waals surface area (Å²) in [7, 11) is 3.52. The van der Waals surface area contributed by atoms with Crippen LogP contribution in [0.5, 0.6) is 0 Å². The second-order valence-electron chi connectivity index (χ2n) is 1.97. The van der Waals surface area contributed by atoms with Gasteiger partial charge in [-0.15, -0.1) is 0 Å². The molecule has 0 saturated heterocycles. The zero-order chi connectivity index (χ0) is 8.69. The second kappa shape index (κ2) is 6.51. The van der Waals surface area contributed by atoms with Crippen molar-refractivity contribution in [3.8, 4) is 0 Å². The quantitative estimate of drug-likeness (QED) is 0.343. The maximum Gasteiger partial charge on any atom is 0.170 e. The summed E-state index contributed by atoms with van der Waals surface area (Å²) >= 11 is 0. The number of rotatable bonds is 6. The van der Waals surface area contributed by atoms with Gasteiger partial charge in [-0.1, -0.05) is 0 Å². The fourth-order valence-electron chi connectivity index (χ4n) is 0.696. The first kappa shape index (κ1) is 10.8. The van der Waals surface area contributed by atoms with Crippen LogP contribution in [0.1, 0.15) is 6.92 Å². The van der Waals surface area contributed by atoms with E-state index in [1.54, 1.807) is 19.2 Å². The summed E-state index contributed by atoms with van der Waals surface area (Å²) in [5, 5.41) is 10.8. The topological polar surface area (TPSA) is 56.8 Å². The van der Waals surface area contributed by atoms with E-state index in [1.807, 2.05) is 6.92 Å². The van der Waals surface area contributed by atoms with E-state index in [-0.39, 0.29) is 0 Å². The number of aliphatic hydroxyl groups is 1. The lowest BCUT2D eigenvalue weighted by atomic mass is 10.6. The van der Waals surface area contributed by atoms with Gasteiger partial charge in [0, 0.05) is 20.7 Å². The van der Waals surface area contributed by atoms with Gasteiger partial charge in [0.25, 0.3) is 0 Å². The Morgan fingerprint density at radius 3 is 2.36 bits per heavy atom. The molecule has 11 heavy (non-hydrogen) atoms. The highest BCUT2D eigenvalue weighted by Crippen LogP contribution is 1.87. The molecule has 5 heteroatoms. The Hall–Kier alpha value is -0.200. The van der Waals surface area contributed by atoms with Gasteiger partial charge in [-0.3, -0.25) is 0 Å². The lowest BCUT2D eigenvalue weighted by molar-refractivity contribution is -0.121. The minimum Gasteiger partial charge on any atom is -0.367 e.